The van der Waals surface area contributed by atoms with Crippen LogP contribution in [0.5, 0.6) is 0 Å². The smallest absolute Gasteiger partial charge is 0.125 e. The second-order valence-corrected chi connectivity index (χ2v) is 6.48. The molecule has 100 valence electrons. The summed E-state index contributed by atoms with van der Waals surface area (Å²) < 4.78 is 0. The predicted molar refractivity (Wildman–Crippen MR) is 82.3 cm³/mol. The lowest BCUT2D eigenvalue weighted by molar-refractivity contribution is 0.501. The van der Waals surface area contributed by atoms with Gasteiger partial charge in [0.2, 0.25) is 0 Å². The van der Waals surface area contributed by atoms with Gasteiger partial charge in [0.05, 0.1) is 15.7 Å². The van der Waals surface area contributed by atoms with Crippen LogP contribution in [0.4, 0.5) is 0 Å². The Morgan fingerprint density at radius 1 is 1.37 bits per heavy atom. The monoisotopic (exact) mass is 312 g/mol. The van der Waals surface area contributed by atoms with Crippen LogP contribution in [0.25, 0.3) is 10.6 Å². The van der Waals surface area contributed by atoms with Crippen molar-refractivity contribution in [3.63, 3.8) is 0 Å². The van der Waals surface area contributed by atoms with E-state index < -0.39 is 0 Å². The number of aryl methyl sites for hydroxylation is 1. The summed E-state index contributed by atoms with van der Waals surface area (Å²) >= 11 is 14.1. The third kappa shape index (κ3) is 2.40. The van der Waals surface area contributed by atoms with E-state index in [-0.39, 0.29) is 0 Å². The highest BCUT2D eigenvalue weighted by molar-refractivity contribution is 7.15. The molecule has 0 amide bonds. The van der Waals surface area contributed by atoms with Crippen LogP contribution in [-0.4, -0.2) is 12.0 Å². The van der Waals surface area contributed by atoms with E-state index in [2.05, 4.69) is 5.32 Å². The molecule has 0 aliphatic heterocycles. The summed E-state index contributed by atoms with van der Waals surface area (Å²) in [6.45, 7) is 0. The molecule has 0 spiro atoms. The summed E-state index contributed by atoms with van der Waals surface area (Å²) in [5.41, 5.74) is 2.14. The van der Waals surface area contributed by atoms with E-state index >= 15 is 0 Å². The Hall–Kier alpha value is -0.610. The van der Waals surface area contributed by atoms with E-state index in [1.807, 2.05) is 19.2 Å². The van der Waals surface area contributed by atoms with Crippen molar-refractivity contribution in [2.45, 2.75) is 25.3 Å². The Bertz CT molecular complexity index is 609. The lowest BCUT2D eigenvalue weighted by Gasteiger charge is -2.19. The summed E-state index contributed by atoms with van der Waals surface area (Å²) in [6, 6.07) is 6.12. The first-order valence-electron chi connectivity index (χ1n) is 6.32. The molecule has 1 aromatic carbocycles. The SMILES string of the molecule is CNC1CCCc2nc(-c3cccc(Cl)c3Cl)sc21. The normalized spacial score (nSPS) is 18.4. The molecule has 0 fully saturated rings. The highest BCUT2D eigenvalue weighted by Gasteiger charge is 2.24. The highest BCUT2D eigenvalue weighted by Crippen LogP contribution is 2.41. The van der Waals surface area contributed by atoms with Crippen LogP contribution in [0, 0.1) is 0 Å². The number of hydrogen-bond donors (Lipinski definition) is 1. The van der Waals surface area contributed by atoms with Crippen molar-refractivity contribution in [1.29, 1.82) is 0 Å². The molecule has 1 N–H and O–H groups in total. The van der Waals surface area contributed by atoms with Crippen molar-refractivity contribution in [2.24, 2.45) is 0 Å². The van der Waals surface area contributed by atoms with E-state index in [1.165, 1.54) is 23.4 Å². The Morgan fingerprint density at radius 3 is 3.00 bits per heavy atom. The maximum Gasteiger partial charge on any atom is 0.125 e. The van der Waals surface area contributed by atoms with Crippen molar-refractivity contribution in [1.82, 2.24) is 10.3 Å². The van der Waals surface area contributed by atoms with Crippen LogP contribution in [-0.2, 0) is 6.42 Å². The molecule has 1 atom stereocenters. The summed E-state index contributed by atoms with van der Waals surface area (Å²) in [7, 11) is 2.01. The largest absolute Gasteiger partial charge is 0.312 e. The molecule has 0 bridgehead atoms. The molecule has 1 aliphatic rings. The number of hydrogen-bond acceptors (Lipinski definition) is 3. The molecule has 1 aliphatic carbocycles. The molecule has 19 heavy (non-hydrogen) atoms. The van der Waals surface area contributed by atoms with Gasteiger partial charge in [-0.1, -0.05) is 35.3 Å². The van der Waals surface area contributed by atoms with E-state index in [0.29, 0.717) is 16.1 Å². The van der Waals surface area contributed by atoms with E-state index in [1.54, 1.807) is 17.4 Å². The zero-order valence-corrected chi connectivity index (χ0v) is 12.9. The van der Waals surface area contributed by atoms with Crippen LogP contribution in [0.1, 0.15) is 29.5 Å². The molecular weight excluding hydrogens is 299 g/mol. The number of aromatic nitrogens is 1. The first-order valence-corrected chi connectivity index (χ1v) is 7.89. The summed E-state index contributed by atoms with van der Waals surface area (Å²) in [6.07, 6.45) is 3.42. The molecular formula is C14H14Cl2N2S. The third-order valence-electron chi connectivity index (χ3n) is 3.48. The van der Waals surface area contributed by atoms with Gasteiger partial charge in [-0.25, -0.2) is 4.98 Å². The first-order chi connectivity index (χ1) is 9.20. The first kappa shape index (κ1) is 13.4. The number of rotatable bonds is 2. The fourth-order valence-electron chi connectivity index (χ4n) is 2.48. The van der Waals surface area contributed by atoms with Gasteiger partial charge in [-0.05, 0) is 32.4 Å². The van der Waals surface area contributed by atoms with Gasteiger partial charge in [-0.3, -0.25) is 0 Å². The van der Waals surface area contributed by atoms with E-state index in [0.717, 1.165) is 17.0 Å². The number of fused-ring (bicyclic) bond motifs is 1. The van der Waals surface area contributed by atoms with Crippen molar-refractivity contribution < 1.29 is 0 Å². The molecule has 0 saturated heterocycles. The number of benzene rings is 1. The van der Waals surface area contributed by atoms with Crippen LogP contribution in [0.2, 0.25) is 10.0 Å². The van der Waals surface area contributed by atoms with Crippen molar-refractivity contribution in [3.05, 3.63) is 38.8 Å². The summed E-state index contributed by atoms with van der Waals surface area (Å²) in [5, 5.41) is 5.51. The van der Waals surface area contributed by atoms with Gasteiger partial charge >= 0.3 is 0 Å². The van der Waals surface area contributed by atoms with Gasteiger partial charge in [0, 0.05) is 16.5 Å². The molecule has 0 saturated carbocycles. The lowest BCUT2D eigenvalue weighted by Crippen LogP contribution is -2.19. The molecule has 5 heteroatoms. The topological polar surface area (TPSA) is 24.9 Å². The molecule has 1 heterocycles. The predicted octanol–water partition coefficient (Wildman–Crippen LogP) is 4.71. The zero-order chi connectivity index (χ0) is 13.4. The lowest BCUT2D eigenvalue weighted by atomic mass is 9.98. The van der Waals surface area contributed by atoms with Crippen LogP contribution in [0.3, 0.4) is 0 Å². The van der Waals surface area contributed by atoms with Crippen LogP contribution < -0.4 is 5.32 Å². The second kappa shape index (κ2) is 5.41. The fourth-order valence-corrected chi connectivity index (χ4v) is 4.21. The Balaban J connectivity index is 2.07. The van der Waals surface area contributed by atoms with Gasteiger partial charge in [0.1, 0.15) is 5.01 Å². The number of halogens is 2. The minimum Gasteiger partial charge on any atom is -0.312 e. The molecule has 2 aromatic rings. The molecule has 1 unspecified atom stereocenters. The zero-order valence-electron chi connectivity index (χ0n) is 10.5. The molecule has 3 rings (SSSR count). The molecule has 1 aromatic heterocycles. The van der Waals surface area contributed by atoms with Gasteiger partial charge in [0.15, 0.2) is 0 Å². The van der Waals surface area contributed by atoms with Crippen LogP contribution in [0.15, 0.2) is 18.2 Å². The van der Waals surface area contributed by atoms with Crippen molar-refractivity contribution in [2.75, 3.05) is 7.05 Å². The second-order valence-electron chi connectivity index (χ2n) is 4.66. The van der Waals surface area contributed by atoms with Gasteiger partial charge in [-0.15, -0.1) is 11.3 Å². The Labute approximate surface area is 126 Å². The minimum atomic E-state index is 0.424. The standard InChI is InChI=1S/C14H14Cl2N2S/c1-17-10-6-3-7-11-13(10)19-14(18-11)8-4-2-5-9(15)12(8)16/h2,4-5,10,17H,3,6-7H2,1H3. The average molecular weight is 313 g/mol. The van der Waals surface area contributed by atoms with E-state index in [9.17, 15) is 0 Å². The minimum absolute atomic E-state index is 0.424. The van der Waals surface area contributed by atoms with Crippen molar-refractivity contribution in [3.8, 4) is 10.6 Å². The average Bonchev–Trinajstić information content (AvgIpc) is 2.85. The van der Waals surface area contributed by atoms with Crippen molar-refractivity contribution >= 4 is 34.5 Å². The molecule has 0 radical (unpaired) electrons. The van der Waals surface area contributed by atoms with Crippen LogP contribution >= 0.6 is 34.5 Å². The Morgan fingerprint density at radius 2 is 2.21 bits per heavy atom. The van der Waals surface area contributed by atoms with Gasteiger partial charge in [-0.2, -0.15) is 0 Å². The number of nitrogens with one attached hydrogen (secondary N) is 1. The summed E-state index contributed by atoms with van der Waals surface area (Å²) in [5.74, 6) is 0. The maximum absolute atomic E-state index is 6.28. The number of nitrogens with zero attached hydrogens (tertiary/aromatic N) is 1. The summed E-state index contributed by atoms with van der Waals surface area (Å²) in [4.78, 5) is 6.10. The van der Waals surface area contributed by atoms with E-state index in [4.69, 9.17) is 28.2 Å². The molecule has 2 nitrogen and oxygen atoms in total. The quantitative estimate of drug-likeness (QED) is 0.868. The maximum atomic E-state index is 6.28. The van der Waals surface area contributed by atoms with Gasteiger partial charge in [0.25, 0.3) is 0 Å². The van der Waals surface area contributed by atoms with Gasteiger partial charge < -0.3 is 5.32 Å². The highest BCUT2D eigenvalue weighted by atomic mass is 35.5. The number of thiazole rings is 1. The third-order valence-corrected chi connectivity index (χ3v) is 5.54. The fraction of sp³-hybridized carbons (Fsp3) is 0.357. The Kier molecular flexibility index (Phi) is 3.81.